The number of hydrogen-bond donors (Lipinski definition) is 1. The van der Waals surface area contributed by atoms with Gasteiger partial charge in [0.25, 0.3) is 0 Å². The molecule has 0 fully saturated rings. The van der Waals surface area contributed by atoms with Crippen LogP contribution in [0.2, 0.25) is 0 Å². The number of likely N-dealkylation sites (N-methyl/N-ethyl adjacent to an activating group) is 1. The first-order valence-corrected chi connectivity index (χ1v) is 8.24. The van der Waals surface area contributed by atoms with E-state index in [1.165, 1.54) is 5.56 Å². The van der Waals surface area contributed by atoms with Gasteiger partial charge in [0.05, 0.1) is 17.6 Å². The maximum absolute atomic E-state index is 5.72. The molecular weight excluding hydrogens is 334 g/mol. The van der Waals surface area contributed by atoms with Crippen LogP contribution in [0.5, 0.6) is 5.75 Å². The molecule has 1 atom stereocenters. The Morgan fingerprint density at radius 3 is 2.29 bits per heavy atom. The third kappa shape index (κ3) is 5.94. The van der Waals surface area contributed by atoms with Crippen LogP contribution < -0.4 is 10.1 Å². The SMILES string of the molecule is CCNC(Cc1ccc(OC)c(Br)c1)C(OCC)OCC. The van der Waals surface area contributed by atoms with Crippen LogP contribution in [0.4, 0.5) is 0 Å². The van der Waals surface area contributed by atoms with Gasteiger partial charge in [-0.25, -0.2) is 0 Å². The van der Waals surface area contributed by atoms with E-state index in [1.807, 2.05) is 19.9 Å². The zero-order chi connectivity index (χ0) is 15.7. The number of methoxy groups -OCH3 is 1. The van der Waals surface area contributed by atoms with E-state index in [-0.39, 0.29) is 12.3 Å². The number of rotatable bonds is 10. The lowest BCUT2D eigenvalue weighted by atomic mass is 10.1. The van der Waals surface area contributed by atoms with Gasteiger partial charge < -0.3 is 19.5 Å². The highest BCUT2D eigenvalue weighted by Gasteiger charge is 2.22. The van der Waals surface area contributed by atoms with Gasteiger partial charge in [0.1, 0.15) is 5.75 Å². The summed E-state index contributed by atoms with van der Waals surface area (Å²) in [5.41, 5.74) is 1.21. The molecule has 1 aromatic rings. The molecule has 0 aromatic heterocycles. The average Bonchev–Trinajstić information content (AvgIpc) is 2.47. The highest BCUT2D eigenvalue weighted by Crippen LogP contribution is 2.26. The first-order valence-electron chi connectivity index (χ1n) is 7.45. The Labute approximate surface area is 136 Å². The van der Waals surface area contributed by atoms with Crippen molar-refractivity contribution in [3.63, 3.8) is 0 Å². The molecule has 1 aromatic carbocycles. The summed E-state index contributed by atoms with van der Waals surface area (Å²) in [6, 6.07) is 6.25. The summed E-state index contributed by atoms with van der Waals surface area (Å²) in [7, 11) is 1.67. The predicted octanol–water partition coefficient (Wildman–Crippen LogP) is 3.38. The van der Waals surface area contributed by atoms with Gasteiger partial charge in [-0.2, -0.15) is 0 Å². The van der Waals surface area contributed by atoms with E-state index in [9.17, 15) is 0 Å². The fourth-order valence-electron chi connectivity index (χ4n) is 2.23. The molecule has 21 heavy (non-hydrogen) atoms. The van der Waals surface area contributed by atoms with Gasteiger partial charge >= 0.3 is 0 Å². The molecule has 0 aliphatic rings. The molecule has 0 saturated carbocycles. The first kappa shape index (κ1) is 18.4. The molecule has 120 valence electrons. The van der Waals surface area contributed by atoms with Gasteiger partial charge in [0.15, 0.2) is 6.29 Å². The van der Waals surface area contributed by atoms with E-state index in [1.54, 1.807) is 7.11 Å². The van der Waals surface area contributed by atoms with Crippen LogP contribution in [-0.4, -0.2) is 39.2 Å². The molecular formula is C16H26BrNO3. The predicted molar refractivity (Wildman–Crippen MR) is 88.9 cm³/mol. The quantitative estimate of drug-likeness (QED) is 0.650. The van der Waals surface area contributed by atoms with E-state index in [2.05, 4.69) is 40.3 Å². The minimum Gasteiger partial charge on any atom is -0.496 e. The van der Waals surface area contributed by atoms with Gasteiger partial charge in [0.2, 0.25) is 0 Å². The van der Waals surface area contributed by atoms with Crippen molar-refractivity contribution < 1.29 is 14.2 Å². The van der Waals surface area contributed by atoms with Crippen molar-refractivity contribution in [3.05, 3.63) is 28.2 Å². The van der Waals surface area contributed by atoms with E-state index in [4.69, 9.17) is 14.2 Å². The maximum atomic E-state index is 5.72. The van der Waals surface area contributed by atoms with Crippen LogP contribution in [0.3, 0.4) is 0 Å². The van der Waals surface area contributed by atoms with E-state index in [0.29, 0.717) is 13.2 Å². The number of halogens is 1. The summed E-state index contributed by atoms with van der Waals surface area (Å²) in [6.45, 7) is 8.21. The Morgan fingerprint density at radius 1 is 1.14 bits per heavy atom. The normalized spacial score (nSPS) is 12.7. The van der Waals surface area contributed by atoms with Crippen LogP contribution in [0.25, 0.3) is 0 Å². The Balaban J connectivity index is 2.82. The molecule has 4 nitrogen and oxygen atoms in total. The molecule has 0 saturated heterocycles. The summed E-state index contributed by atoms with van der Waals surface area (Å²) in [5.74, 6) is 0.838. The largest absolute Gasteiger partial charge is 0.496 e. The van der Waals surface area contributed by atoms with Gasteiger partial charge in [-0.05, 0) is 60.4 Å². The standard InChI is InChI=1S/C16H26BrNO3/c1-5-18-14(16(20-6-2)21-7-3)11-12-8-9-15(19-4)13(17)10-12/h8-10,14,16,18H,5-7,11H2,1-4H3. The fourth-order valence-corrected chi connectivity index (χ4v) is 2.81. The monoisotopic (exact) mass is 359 g/mol. The van der Waals surface area contributed by atoms with E-state index in [0.717, 1.165) is 23.2 Å². The third-order valence-corrected chi connectivity index (χ3v) is 3.75. The summed E-state index contributed by atoms with van der Waals surface area (Å²) >= 11 is 3.53. The minimum atomic E-state index is -0.235. The smallest absolute Gasteiger partial charge is 0.172 e. The van der Waals surface area contributed by atoms with Crippen molar-refractivity contribution in [1.29, 1.82) is 0 Å². The summed E-state index contributed by atoms with van der Waals surface area (Å²) < 4.78 is 17.7. The van der Waals surface area contributed by atoms with Gasteiger partial charge in [-0.1, -0.05) is 13.0 Å². The second-order valence-electron chi connectivity index (χ2n) is 4.62. The lowest BCUT2D eigenvalue weighted by Crippen LogP contribution is -2.44. The van der Waals surface area contributed by atoms with E-state index < -0.39 is 0 Å². The van der Waals surface area contributed by atoms with Crippen LogP contribution >= 0.6 is 15.9 Å². The first-order chi connectivity index (χ1) is 10.2. The van der Waals surface area contributed by atoms with Crippen LogP contribution in [0, 0.1) is 0 Å². The molecule has 0 heterocycles. The minimum absolute atomic E-state index is 0.121. The zero-order valence-electron chi connectivity index (χ0n) is 13.3. The Bertz CT molecular complexity index is 409. The molecule has 0 amide bonds. The third-order valence-electron chi connectivity index (χ3n) is 3.13. The molecule has 0 aliphatic carbocycles. The van der Waals surface area contributed by atoms with Crippen LogP contribution in [-0.2, 0) is 15.9 Å². The molecule has 0 bridgehead atoms. The molecule has 0 radical (unpaired) electrons. The van der Waals surface area contributed by atoms with Crippen LogP contribution in [0.1, 0.15) is 26.3 Å². The Hall–Kier alpha value is -0.620. The number of ether oxygens (including phenoxy) is 3. The second-order valence-corrected chi connectivity index (χ2v) is 5.47. The van der Waals surface area contributed by atoms with Gasteiger partial charge in [-0.3, -0.25) is 0 Å². The summed E-state index contributed by atoms with van der Waals surface area (Å²) in [5, 5.41) is 3.45. The van der Waals surface area contributed by atoms with Crippen LogP contribution in [0.15, 0.2) is 22.7 Å². The molecule has 1 N–H and O–H groups in total. The fraction of sp³-hybridized carbons (Fsp3) is 0.625. The molecule has 5 heteroatoms. The highest BCUT2D eigenvalue weighted by atomic mass is 79.9. The van der Waals surface area contributed by atoms with Crippen molar-refractivity contribution in [2.75, 3.05) is 26.9 Å². The Kier molecular flexibility index (Phi) is 8.92. The lowest BCUT2D eigenvalue weighted by molar-refractivity contribution is -0.153. The zero-order valence-corrected chi connectivity index (χ0v) is 14.9. The number of nitrogens with one attached hydrogen (secondary N) is 1. The van der Waals surface area contributed by atoms with Crippen molar-refractivity contribution in [2.45, 2.75) is 39.5 Å². The maximum Gasteiger partial charge on any atom is 0.172 e. The number of hydrogen-bond acceptors (Lipinski definition) is 4. The van der Waals surface area contributed by atoms with Crippen molar-refractivity contribution in [3.8, 4) is 5.75 Å². The molecule has 1 rings (SSSR count). The second kappa shape index (κ2) is 10.2. The van der Waals surface area contributed by atoms with Gasteiger partial charge in [0, 0.05) is 13.2 Å². The average molecular weight is 360 g/mol. The van der Waals surface area contributed by atoms with Crippen molar-refractivity contribution >= 4 is 15.9 Å². The highest BCUT2D eigenvalue weighted by molar-refractivity contribution is 9.10. The van der Waals surface area contributed by atoms with Crippen molar-refractivity contribution in [1.82, 2.24) is 5.32 Å². The summed E-state index contributed by atoms with van der Waals surface area (Å²) in [4.78, 5) is 0. The number of benzene rings is 1. The molecule has 0 aliphatic heterocycles. The molecule has 0 spiro atoms. The lowest BCUT2D eigenvalue weighted by Gasteiger charge is -2.27. The summed E-state index contributed by atoms with van der Waals surface area (Å²) in [6.07, 6.45) is 0.599. The Morgan fingerprint density at radius 2 is 1.81 bits per heavy atom. The van der Waals surface area contributed by atoms with Crippen molar-refractivity contribution in [2.24, 2.45) is 0 Å². The molecule has 1 unspecified atom stereocenters. The van der Waals surface area contributed by atoms with Gasteiger partial charge in [-0.15, -0.1) is 0 Å². The topological polar surface area (TPSA) is 39.7 Å². The van der Waals surface area contributed by atoms with E-state index >= 15 is 0 Å².